The van der Waals surface area contributed by atoms with Crippen molar-refractivity contribution in [3.05, 3.63) is 54.0 Å². The van der Waals surface area contributed by atoms with Gasteiger partial charge in [-0.15, -0.1) is 0 Å². The third-order valence-electron chi connectivity index (χ3n) is 3.54. The Bertz CT molecular complexity index is 573. The summed E-state index contributed by atoms with van der Waals surface area (Å²) in [5.74, 6) is 0.980. The van der Waals surface area contributed by atoms with E-state index in [0.29, 0.717) is 0 Å². The summed E-state index contributed by atoms with van der Waals surface area (Å²) in [5.41, 5.74) is 2.21. The molecule has 1 aromatic heterocycles. The molecule has 2 aromatic rings. The van der Waals surface area contributed by atoms with Gasteiger partial charge in [-0.3, -0.25) is 0 Å². The molecule has 1 fully saturated rings. The first-order valence-corrected chi connectivity index (χ1v) is 6.96. The van der Waals surface area contributed by atoms with E-state index in [1.807, 2.05) is 19.1 Å². The molecular formula is C16H19N3O. The summed E-state index contributed by atoms with van der Waals surface area (Å²) < 4.78 is 6.07. The lowest BCUT2D eigenvalue weighted by Crippen LogP contribution is -2.43. The SMILES string of the molecule is Cc1cc(N2CC(C)OC(c3ccccc3)C2)ncn1. The van der Waals surface area contributed by atoms with Gasteiger partial charge in [-0.1, -0.05) is 30.3 Å². The molecule has 0 amide bonds. The predicted molar refractivity (Wildman–Crippen MR) is 78.7 cm³/mol. The lowest BCUT2D eigenvalue weighted by atomic mass is 10.1. The van der Waals surface area contributed by atoms with Gasteiger partial charge in [0.15, 0.2) is 0 Å². The molecule has 0 saturated carbocycles. The first-order chi connectivity index (χ1) is 9.72. The molecule has 4 heteroatoms. The third-order valence-corrected chi connectivity index (χ3v) is 3.54. The standard InChI is InChI=1S/C16H19N3O/c1-12-8-16(18-11-17-12)19-9-13(2)20-15(10-19)14-6-4-3-5-7-14/h3-8,11,13,15H,9-10H2,1-2H3. The highest BCUT2D eigenvalue weighted by Gasteiger charge is 2.27. The minimum Gasteiger partial charge on any atom is -0.367 e. The number of morpholine rings is 1. The lowest BCUT2D eigenvalue weighted by Gasteiger charge is -2.37. The van der Waals surface area contributed by atoms with E-state index in [1.54, 1.807) is 6.33 Å². The quantitative estimate of drug-likeness (QED) is 0.840. The van der Waals surface area contributed by atoms with Gasteiger partial charge >= 0.3 is 0 Å². The molecule has 4 nitrogen and oxygen atoms in total. The number of aromatic nitrogens is 2. The van der Waals surface area contributed by atoms with Crippen LogP contribution in [0.2, 0.25) is 0 Å². The fourth-order valence-electron chi connectivity index (χ4n) is 2.60. The van der Waals surface area contributed by atoms with Crippen LogP contribution >= 0.6 is 0 Å². The van der Waals surface area contributed by atoms with Crippen LogP contribution in [-0.4, -0.2) is 29.2 Å². The monoisotopic (exact) mass is 269 g/mol. The summed E-state index contributed by atoms with van der Waals surface area (Å²) in [5, 5.41) is 0. The van der Waals surface area contributed by atoms with Crippen LogP contribution in [0.1, 0.15) is 24.3 Å². The van der Waals surface area contributed by atoms with Gasteiger partial charge in [0, 0.05) is 24.8 Å². The normalized spacial score (nSPS) is 22.8. The van der Waals surface area contributed by atoms with Crippen molar-refractivity contribution in [1.82, 2.24) is 9.97 Å². The van der Waals surface area contributed by atoms with Crippen molar-refractivity contribution < 1.29 is 4.74 Å². The molecule has 0 aliphatic carbocycles. The summed E-state index contributed by atoms with van der Waals surface area (Å²) in [6.07, 6.45) is 1.90. The molecule has 3 rings (SSSR count). The second-order valence-corrected chi connectivity index (χ2v) is 5.27. The fraction of sp³-hybridized carbons (Fsp3) is 0.375. The largest absolute Gasteiger partial charge is 0.367 e. The van der Waals surface area contributed by atoms with Gasteiger partial charge in [0.1, 0.15) is 18.2 Å². The average molecular weight is 269 g/mol. The maximum atomic E-state index is 6.07. The van der Waals surface area contributed by atoms with E-state index in [4.69, 9.17) is 4.74 Å². The van der Waals surface area contributed by atoms with E-state index < -0.39 is 0 Å². The summed E-state index contributed by atoms with van der Waals surface area (Å²) in [7, 11) is 0. The highest BCUT2D eigenvalue weighted by atomic mass is 16.5. The van der Waals surface area contributed by atoms with Crippen molar-refractivity contribution in [2.24, 2.45) is 0 Å². The minimum atomic E-state index is 0.0928. The lowest BCUT2D eigenvalue weighted by molar-refractivity contribution is -0.0176. The highest BCUT2D eigenvalue weighted by Crippen LogP contribution is 2.27. The van der Waals surface area contributed by atoms with E-state index in [-0.39, 0.29) is 12.2 Å². The van der Waals surface area contributed by atoms with Gasteiger partial charge in [0.05, 0.1) is 6.10 Å². The van der Waals surface area contributed by atoms with E-state index >= 15 is 0 Å². The smallest absolute Gasteiger partial charge is 0.132 e. The number of nitrogens with zero attached hydrogens (tertiary/aromatic N) is 3. The van der Waals surface area contributed by atoms with Gasteiger partial charge < -0.3 is 9.64 Å². The summed E-state index contributed by atoms with van der Waals surface area (Å²) in [6.45, 7) is 5.78. The topological polar surface area (TPSA) is 38.2 Å². The zero-order valence-electron chi connectivity index (χ0n) is 11.9. The Morgan fingerprint density at radius 2 is 1.95 bits per heavy atom. The van der Waals surface area contributed by atoms with Crippen molar-refractivity contribution in [3.8, 4) is 0 Å². The maximum absolute atomic E-state index is 6.07. The van der Waals surface area contributed by atoms with E-state index in [2.05, 4.69) is 46.1 Å². The molecule has 1 aliphatic rings. The average Bonchev–Trinajstić information content (AvgIpc) is 2.47. The fourth-order valence-corrected chi connectivity index (χ4v) is 2.60. The van der Waals surface area contributed by atoms with Crippen molar-refractivity contribution in [3.63, 3.8) is 0 Å². The molecule has 1 aromatic carbocycles. The Kier molecular flexibility index (Phi) is 3.65. The maximum Gasteiger partial charge on any atom is 0.132 e. The van der Waals surface area contributed by atoms with E-state index in [9.17, 15) is 0 Å². The Labute approximate surface area is 119 Å². The molecule has 2 unspecified atom stereocenters. The highest BCUT2D eigenvalue weighted by molar-refractivity contribution is 5.40. The van der Waals surface area contributed by atoms with Crippen LogP contribution in [0.5, 0.6) is 0 Å². The summed E-state index contributed by atoms with van der Waals surface area (Å²) in [4.78, 5) is 10.8. The number of rotatable bonds is 2. The minimum absolute atomic E-state index is 0.0928. The third kappa shape index (κ3) is 2.80. The molecule has 2 atom stereocenters. The van der Waals surface area contributed by atoms with Crippen molar-refractivity contribution in [2.45, 2.75) is 26.1 Å². The molecular weight excluding hydrogens is 250 g/mol. The van der Waals surface area contributed by atoms with Crippen LogP contribution in [-0.2, 0) is 4.74 Å². The molecule has 0 bridgehead atoms. The number of hydrogen-bond acceptors (Lipinski definition) is 4. The Hall–Kier alpha value is -1.94. The van der Waals surface area contributed by atoms with Crippen LogP contribution in [0, 0.1) is 6.92 Å². The summed E-state index contributed by atoms with van der Waals surface area (Å²) >= 11 is 0. The van der Waals surface area contributed by atoms with Gasteiger partial charge in [-0.05, 0) is 19.4 Å². The van der Waals surface area contributed by atoms with Crippen molar-refractivity contribution >= 4 is 5.82 Å². The second-order valence-electron chi connectivity index (χ2n) is 5.27. The van der Waals surface area contributed by atoms with Gasteiger partial charge in [-0.2, -0.15) is 0 Å². The zero-order valence-corrected chi connectivity index (χ0v) is 11.9. The Morgan fingerprint density at radius 3 is 2.70 bits per heavy atom. The van der Waals surface area contributed by atoms with Crippen LogP contribution in [0.25, 0.3) is 0 Å². The molecule has 20 heavy (non-hydrogen) atoms. The van der Waals surface area contributed by atoms with Gasteiger partial charge in [0.25, 0.3) is 0 Å². The van der Waals surface area contributed by atoms with Gasteiger partial charge in [0.2, 0.25) is 0 Å². The molecule has 0 radical (unpaired) electrons. The second kappa shape index (κ2) is 5.59. The number of anilines is 1. The van der Waals surface area contributed by atoms with Crippen molar-refractivity contribution in [1.29, 1.82) is 0 Å². The number of benzene rings is 1. The first kappa shape index (κ1) is 13.1. The molecule has 1 aliphatic heterocycles. The molecule has 2 heterocycles. The number of hydrogen-bond donors (Lipinski definition) is 0. The number of ether oxygens (including phenoxy) is 1. The Morgan fingerprint density at radius 1 is 1.15 bits per heavy atom. The van der Waals surface area contributed by atoms with Crippen molar-refractivity contribution in [2.75, 3.05) is 18.0 Å². The van der Waals surface area contributed by atoms with Crippen LogP contribution in [0.15, 0.2) is 42.7 Å². The van der Waals surface area contributed by atoms with E-state index in [1.165, 1.54) is 5.56 Å². The van der Waals surface area contributed by atoms with Crippen LogP contribution < -0.4 is 4.90 Å². The zero-order chi connectivity index (χ0) is 13.9. The summed E-state index contributed by atoms with van der Waals surface area (Å²) in [6, 6.07) is 12.4. The first-order valence-electron chi connectivity index (χ1n) is 6.96. The van der Waals surface area contributed by atoms with E-state index in [0.717, 1.165) is 24.6 Å². The number of aryl methyl sites for hydroxylation is 1. The van der Waals surface area contributed by atoms with Gasteiger partial charge in [-0.25, -0.2) is 9.97 Å². The molecule has 1 saturated heterocycles. The van der Waals surface area contributed by atoms with Crippen LogP contribution in [0.4, 0.5) is 5.82 Å². The Balaban J connectivity index is 1.83. The predicted octanol–water partition coefficient (Wildman–Crippen LogP) is 2.75. The molecule has 0 spiro atoms. The molecule has 104 valence electrons. The van der Waals surface area contributed by atoms with Crippen LogP contribution in [0.3, 0.4) is 0 Å². The molecule has 0 N–H and O–H groups in total.